The first kappa shape index (κ1) is 19.6. The summed E-state index contributed by atoms with van der Waals surface area (Å²) in [5.41, 5.74) is 0. The number of carbonyl (C=O) groups excluding carboxylic acids is 1. The number of H-pyrrole nitrogens is 1. The maximum Gasteiger partial charge on any atom is 0.294 e. The van der Waals surface area contributed by atoms with Crippen LogP contribution in [0.15, 0.2) is 16.7 Å². The van der Waals surface area contributed by atoms with Gasteiger partial charge in [0, 0.05) is 24.5 Å². The molecule has 0 unspecified atom stereocenters. The minimum Gasteiger partial charge on any atom is -0.389 e. The molecule has 2 N–H and O–H groups in total. The van der Waals surface area contributed by atoms with Gasteiger partial charge in [0.25, 0.3) is 10.1 Å². The second-order valence-corrected chi connectivity index (χ2v) is 8.02. The molecule has 0 bridgehead atoms. The van der Waals surface area contributed by atoms with Crippen LogP contribution >= 0.6 is 35.7 Å². The number of hydrogen-bond donors (Lipinski definition) is 2. The molecule has 1 aromatic rings. The molecule has 2 rings (SSSR count). The Morgan fingerprint density at radius 3 is 3.17 bits per heavy atom. The van der Waals surface area contributed by atoms with Crippen LogP contribution in [0.3, 0.4) is 0 Å². The summed E-state index contributed by atoms with van der Waals surface area (Å²) in [5.74, 6) is 3.45. The Balaban J connectivity index is 1.65. The Morgan fingerprint density at radius 1 is 1.62 bits per heavy atom. The molecule has 134 valence electrons. The maximum absolute atomic E-state index is 12.0. The van der Waals surface area contributed by atoms with Gasteiger partial charge in [-0.1, -0.05) is 36.0 Å². The SMILES string of the molecule is CC[C@H](O)/C=C/[C@H]1CSC(=O)N1CCSCCCc1noc(=S)[nH]1. The molecule has 0 saturated carbocycles. The summed E-state index contributed by atoms with van der Waals surface area (Å²) in [6.07, 6.45) is 5.82. The molecule has 2 heterocycles. The molecule has 0 aliphatic carbocycles. The van der Waals surface area contributed by atoms with Crippen LogP contribution in [0.5, 0.6) is 0 Å². The average Bonchev–Trinajstić information content (AvgIpc) is 3.14. The quantitative estimate of drug-likeness (QED) is 0.361. The van der Waals surface area contributed by atoms with Crippen molar-refractivity contribution >= 4 is 41.0 Å². The van der Waals surface area contributed by atoms with Crippen LogP contribution in [-0.2, 0) is 6.42 Å². The van der Waals surface area contributed by atoms with Crippen LogP contribution in [-0.4, -0.2) is 61.3 Å². The fourth-order valence-corrected chi connectivity index (χ4v) is 4.28. The third-order valence-corrected chi connectivity index (χ3v) is 5.86. The molecular formula is C15H23N3O3S3. The van der Waals surface area contributed by atoms with E-state index in [1.807, 2.05) is 29.7 Å². The first-order valence-electron chi connectivity index (χ1n) is 8.02. The first-order chi connectivity index (χ1) is 11.6. The molecule has 24 heavy (non-hydrogen) atoms. The summed E-state index contributed by atoms with van der Waals surface area (Å²) < 4.78 is 4.81. The lowest BCUT2D eigenvalue weighted by Gasteiger charge is -2.21. The van der Waals surface area contributed by atoms with E-state index in [0.29, 0.717) is 11.3 Å². The summed E-state index contributed by atoms with van der Waals surface area (Å²) in [5, 5.41) is 13.6. The Hall–Kier alpha value is -0.770. The van der Waals surface area contributed by atoms with Gasteiger partial charge in [0.15, 0.2) is 0 Å². The fraction of sp³-hybridized carbons (Fsp3) is 0.667. The van der Waals surface area contributed by atoms with Crippen molar-refractivity contribution in [3.8, 4) is 0 Å². The Morgan fingerprint density at radius 2 is 2.46 bits per heavy atom. The third-order valence-electron chi connectivity index (χ3n) is 3.65. The zero-order valence-corrected chi connectivity index (χ0v) is 16.1. The third kappa shape index (κ3) is 6.27. The van der Waals surface area contributed by atoms with Gasteiger partial charge in [-0.25, -0.2) is 0 Å². The Labute approximate surface area is 155 Å². The lowest BCUT2D eigenvalue weighted by atomic mass is 10.2. The van der Waals surface area contributed by atoms with Gasteiger partial charge in [0.2, 0.25) is 0 Å². The molecule has 1 aliphatic heterocycles. The smallest absolute Gasteiger partial charge is 0.294 e. The van der Waals surface area contributed by atoms with E-state index >= 15 is 0 Å². The summed E-state index contributed by atoms with van der Waals surface area (Å²) in [7, 11) is 0. The molecule has 9 heteroatoms. The zero-order valence-electron chi connectivity index (χ0n) is 13.6. The van der Waals surface area contributed by atoms with Gasteiger partial charge in [-0.2, -0.15) is 11.8 Å². The molecular weight excluding hydrogens is 366 g/mol. The van der Waals surface area contributed by atoms with Gasteiger partial charge in [0.05, 0.1) is 12.1 Å². The first-order valence-corrected chi connectivity index (χ1v) is 10.6. The highest BCUT2D eigenvalue weighted by atomic mass is 32.2. The van der Waals surface area contributed by atoms with E-state index in [9.17, 15) is 9.90 Å². The number of aliphatic hydroxyl groups excluding tert-OH is 1. The fourth-order valence-electron chi connectivity index (χ4n) is 2.25. The van der Waals surface area contributed by atoms with Crippen molar-refractivity contribution in [2.24, 2.45) is 0 Å². The molecule has 6 nitrogen and oxygen atoms in total. The van der Waals surface area contributed by atoms with Crippen LogP contribution < -0.4 is 0 Å². The van der Waals surface area contributed by atoms with Crippen molar-refractivity contribution in [2.45, 2.75) is 38.3 Å². The van der Waals surface area contributed by atoms with E-state index in [2.05, 4.69) is 10.1 Å². The highest BCUT2D eigenvalue weighted by molar-refractivity contribution is 8.13. The van der Waals surface area contributed by atoms with E-state index in [-0.39, 0.29) is 11.3 Å². The minimum absolute atomic E-state index is 0.0968. The topological polar surface area (TPSA) is 82.4 Å². The number of aryl methyl sites for hydroxylation is 1. The van der Waals surface area contributed by atoms with Crippen LogP contribution in [0.4, 0.5) is 4.79 Å². The molecule has 0 radical (unpaired) electrons. The second kappa shape index (κ2) is 10.3. The van der Waals surface area contributed by atoms with Crippen molar-refractivity contribution in [1.29, 1.82) is 0 Å². The van der Waals surface area contributed by atoms with E-state index in [4.69, 9.17) is 16.7 Å². The largest absolute Gasteiger partial charge is 0.389 e. The van der Waals surface area contributed by atoms with E-state index < -0.39 is 6.10 Å². The highest BCUT2D eigenvalue weighted by Crippen LogP contribution is 2.25. The van der Waals surface area contributed by atoms with Crippen LogP contribution in [0.25, 0.3) is 0 Å². The molecule has 1 aromatic heterocycles. The van der Waals surface area contributed by atoms with Gasteiger partial charge in [-0.05, 0) is 30.8 Å². The van der Waals surface area contributed by atoms with E-state index in [0.717, 1.165) is 42.5 Å². The second-order valence-electron chi connectivity index (χ2n) is 5.46. The van der Waals surface area contributed by atoms with E-state index in [1.54, 1.807) is 6.08 Å². The highest BCUT2D eigenvalue weighted by Gasteiger charge is 2.29. The van der Waals surface area contributed by atoms with Gasteiger partial charge in [-0.3, -0.25) is 9.78 Å². The average molecular weight is 390 g/mol. The van der Waals surface area contributed by atoms with Gasteiger partial charge in [0.1, 0.15) is 5.82 Å². The Bertz CT molecular complexity index is 602. The number of aromatic nitrogens is 2. The maximum atomic E-state index is 12.0. The Kier molecular flexibility index (Phi) is 8.37. The number of aromatic amines is 1. The molecule has 1 aliphatic rings. The summed E-state index contributed by atoms with van der Waals surface area (Å²) in [4.78, 5) is 17.1. The van der Waals surface area contributed by atoms with Crippen LogP contribution in [0.2, 0.25) is 0 Å². The van der Waals surface area contributed by atoms with E-state index in [1.165, 1.54) is 11.8 Å². The lowest BCUT2D eigenvalue weighted by Crippen LogP contribution is -2.34. The molecule has 2 atom stereocenters. The number of nitrogens with one attached hydrogen (secondary N) is 1. The monoisotopic (exact) mass is 389 g/mol. The lowest BCUT2D eigenvalue weighted by molar-refractivity contribution is 0.214. The van der Waals surface area contributed by atoms with Crippen molar-refractivity contribution in [3.63, 3.8) is 0 Å². The zero-order chi connectivity index (χ0) is 17.4. The molecule has 1 fully saturated rings. The number of hydrogen-bond acceptors (Lipinski definition) is 7. The summed E-state index contributed by atoms with van der Waals surface area (Å²) in [6.45, 7) is 2.67. The van der Waals surface area contributed by atoms with Crippen LogP contribution in [0, 0.1) is 4.84 Å². The van der Waals surface area contributed by atoms with Gasteiger partial charge < -0.3 is 14.5 Å². The van der Waals surface area contributed by atoms with Crippen molar-refractivity contribution in [2.75, 3.05) is 23.8 Å². The number of amides is 1. The summed E-state index contributed by atoms with van der Waals surface area (Å²) in [6, 6.07) is 0.0968. The number of rotatable bonds is 10. The van der Waals surface area contributed by atoms with Crippen molar-refractivity contribution in [3.05, 3.63) is 22.8 Å². The van der Waals surface area contributed by atoms with Gasteiger partial charge in [-0.15, -0.1) is 0 Å². The van der Waals surface area contributed by atoms with Crippen molar-refractivity contribution < 1.29 is 14.4 Å². The molecule has 1 saturated heterocycles. The van der Waals surface area contributed by atoms with Crippen molar-refractivity contribution in [1.82, 2.24) is 15.0 Å². The predicted octanol–water partition coefficient (Wildman–Crippen LogP) is 3.26. The molecule has 1 amide bonds. The number of nitrogens with zero attached hydrogens (tertiary/aromatic N) is 2. The number of thioether (sulfide) groups is 2. The number of aliphatic hydroxyl groups is 1. The normalized spacial score (nSPS) is 19.5. The minimum atomic E-state index is -0.425. The summed E-state index contributed by atoms with van der Waals surface area (Å²) >= 11 is 8.01. The predicted molar refractivity (Wildman–Crippen MR) is 101 cm³/mol. The standard InChI is InChI=1S/C15H23N3O3S3/c1-2-12(19)6-5-11-10-24-15(20)18(11)7-9-23-8-3-4-13-16-14(22)21-17-13/h5-6,11-12,19H,2-4,7-10H2,1H3,(H,16,17,22)/b6-5+/t11-,12-/m0/s1. The molecule has 0 spiro atoms. The number of carbonyl (C=O) groups is 1. The van der Waals surface area contributed by atoms with Gasteiger partial charge >= 0.3 is 0 Å². The molecule has 0 aromatic carbocycles. The van der Waals surface area contributed by atoms with Crippen LogP contribution in [0.1, 0.15) is 25.6 Å².